The third-order valence-corrected chi connectivity index (χ3v) is 2.41. The fourth-order valence-electron chi connectivity index (χ4n) is 0.951. The zero-order chi connectivity index (χ0) is 10.4. The molecule has 1 aromatic heterocycles. The van der Waals surface area contributed by atoms with Crippen molar-refractivity contribution in [3.8, 4) is 0 Å². The number of carbonyl (C=O) groups is 1. The highest BCUT2D eigenvalue weighted by Gasteiger charge is 1.98. The van der Waals surface area contributed by atoms with Gasteiger partial charge in [-0.2, -0.15) is 0 Å². The van der Waals surface area contributed by atoms with E-state index in [0.29, 0.717) is 19.5 Å². The monoisotopic (exact) mass is 215 g/mol. The van der Waals surface area contributed by atoms with Crippen LogP contribution in [0, 0.1) is 0 Å². The number of nitrogens with one attached hydrogen (secondary N) is 3. The Morgan fingerprint density at radius 3 is 3.00 bits per heavy atom. The van der Waals surface area contributed by atoms with Crippen molar-refractivity contribution in [1.82, 2.24) is 15.6 Å². The van der Waals surface area contributed by atoms with E-state index in [-0.39, 0.29) is 10.8 Å². The molecule has 0 spiro atoms. The number of H-pyrrole nitrogens is 1. The van der Waals surface area contributed by atoms with Crippen LogP contribution in [-0.4, -0.2) is 24.5 Å². The molecule has 0 aromatic carbocycles. The van der Waals surface area contributed by atoms with Gasteiger partial charge in [-0.3, -0.25) is 9.59 Å². The summed E-state index contributed by atoms with van der Waals surface area (Å²) in [5.41, 5.74) is 0.858. The van der Waals surface area contributed by atoms with Crippen LogP contribution in [0.1, 0.15) is 12.1 Å². The van der Waals surface area contributed by atoms with Gasteiger partial charge in [-0.1, -0.05) is 11.3 Å². The van der Waals surface area contributed by atoms with Crippen LogP contribution in [0.3, 0.4) is 0 Å². The molecule has 14 heavy (non-hydrogen) atoms. The van der Waals surface area contributed by atoms with Gasteiger partial charge >= 0.3 is 4.87 Å². The lowest BCUT2D eigenvalue weighted by molar-refractivity contribution is -0.120. The van der Waals surface area contributed by atoms with Crippen LogP contribution >= 0.6 is 11.3 Å². The number of carbonyl (C=O) groups excluding carboxylic acids is 1. The van der Waals surface area contributed by atoms with Crippen molar-refractivity contribution in [1.29, 1.82) is 0 Å². The molecule has 5 nitrogen and oxygen atoms in total. The number of amides is 1. The first-order chi connectivity index (χ1) is 6.72. The van der Waals surface area contributed by atoms with Gasteiger partial charge in [0.1, 0.15) is 0 Å². The molecular formula is C8H13N3O2S. The number of rotatable bonds is 5. The smallest absolute Gasteiger partial charge is 0.304 e. The number of aromatic amines is 1. The second-order valence-electron chi connectivity index (χ2n) is 2.77. The second-order valence-corrected chi connectivity index (χ2v) is 3.62. The minimum absolute atomic E-state index is 0.0105. The van der Waals surface area contributed by atoms with Crippen LogP contribution in [-0.2, 0) is 11.3 Å². The molecule has 3 N–H and O–H groups in total. The second kappa shape index (κ2) is 5.56. The Bertz CT molecular complexity index is 344. The largest absolute Gasteiger partial charge is 0.359 e. The van der Waals surface area contributed by atoms with E-state index >= 15 is 0 Å². The van der Waals surface area contributed by atoms with Gasteiger partial charge in [0, 0.05) is 37.6 Å². The van der Waals surface area contributed by atoms with Crippen molar-refractivity contribution in [3.63, 3.8) is 0 Å². The van der Waals surface area contributed by atoms with Gasteiger partial charge in [-0.15, -0.1) is 0 Å². The molecule has 1 heterocycles. The van der Waals surface area contributed by atoms with Crippen LogP contribution in [0.4, 0.5) is 0 Å². The summed E-state index contributed by atoms with van der Waals surface area (Å²) < 4.78 is 0. The van der Waals surface area contributed by atoms with Gasteiger partial charge in [0.25, 0.3) is 0 Å². The number of hydrogen-bond acceptors (Lipinski definition) is 4. The van der Waals surface area contributed by atoms with Gasteiger partial charge in [-0.05, 0) is 0 Å². The zero-order valence-corrected chi connectivity index (χ0v) is 8.74. The standard InChI is InChI=1S/C8H13N3O2S/c1-9-7(12)2-3-10-4-6-5-14-8(13)11-6/h5,10H,2-4H2,1H3,(H,9,12)(H,11,13). The van der Waals surface area contributed by atoms with E-state index < -0.39 is 0 Å². The third-order valence-electron chi connectivity index (χ3n) is 1.69. The van der Waals surface area contributed by atoms with Crippen LogP contribution in [0.15, 0.2) is 10.2 Å². The molecule has 1 aromatic rings. The Morgan fingerprint density at radius 1 is 1.64 bits per heavy atom. The first kappa shape index (κ1) is 10.9. The Labute approximate surface area is 85.5 Å². The summed E-state index contributed by atoms with van der Waals surface area (Å²) in [7, 11) is 1.61. The van der Waals surface area contributed by atoms with Crippen LogP contribution in [0.2, 0.25) is 0 Å². The molecule has 78 valence electrons. The van der Waals surface area contributed by atoms with Crippen molar-refractivity contribution in [3.05, 3.63) is 20.7 Å². The van der Waals surface area contributed by atoms with Crippen molar-refractivity contribution >= 4 is 17.2 Å². The Balaban J connectivity index is 2.16. The molecule has 1 amide bonds. The SMILES string of the molecule is CNC(=O)CCNCc1csc(=O)[nH]1. The summed E-state index contributed by atoms with van der Waals surface area (Å²) in [6.07, 6.45) is 0.449. The lowest BCUT2D eigenvalue weighted by Gasteiger charge is -2.01. The zero-order valence-electron chi connectivity index (χ0n) is 7.92. The van der Waals surface area contributed by atoms with Crippen molar-refractivity contribution < 1.29 is 4.79 Å². The van der Waals surface area contributed by atoms with Gasteiger partial charge in [0.2, 0.25) is 5.91 Å². The molecule has 0 aliphatic heterocycles. The van der Waals surface area contributed by atoms with Crippen molar-refractivity contribution in [2.45, 2.75) is 13.0 Å². The third kappa shape index (κ3) is 3.71. The van der Waals surface area contributed by atoms with Gasteiger partial charge in [0.15, 0.2) is 0 Å². The maximum Gasteiger partial charge on any atom is 0.304 e. The predicted molar refractivity (Wildman–Crippen MR) is 55.3 cm³/mol. The number of thiazole rings is 1. The van der Waals surface area contributed by atoms with E-state index in [1.165, 1.54) is 0 Å². The molecule has 0 atom stereocenters. The first-order valence-electron chi connectivity index (χ1n) is 4.30. The Kier molecular flexibility index (Phi) is 4.34. The van der Waals surface area contributed by atoms with Gasteiger partial charge < -0.3 is 15.6 Å². The Morgan fingerprint density at radius 2 is 2.43 bits per heavy atom. The van der Waals surface area contributed by atoms with Crippen LogP contribution in [0.5, 0.6) is 0 Å². The maximum absolute atomic E-state index is 10.8. The molecule has 0 saturated heterocycles. The molecule has 6 heteroatoms. The van der Waals surface area contributed by atoms with E-state index in [4.69, 9.17) is 0 Å². The van der Waals surface area contributed by atoms with E-state index in [0.717, 1.165) is 17.0 Å². The van der Waals surface area contributed by atoms with E-state index in [1.807, 2.05) is 0 Å². The molecule has 0 radical (unpaired) electrons. The van der Waals surface area contributed by atoms with Crippen molar-refractivity contribution in [2.75, 3.05) is 13.6 Å². The first-order valence-corrected chi connectivity index (χ1v) is 5.18. The highest BCUT2D eigenvalue weighted by Crippen LogP contribution is 1.94. The maximum atomic E-state index is 10.8. The van der Waals surface area contributed by atoms with E-state index in [1.54, 1.807) is 12.4 Å². The minimum atomic E-state index is -0.0481. The highest BCUT2D eigenvalue weighted by molar-refractivity contribution is 7.07. The predicted octanol–water partition coefficient (Wildman–Crippen LogP) is -0.338. The molecule has 1 rings (SSSR count). The number of aromatic nitrogens is 1. The molecule has 0 saturated carbocycles. The van der Waals surface area contributed by atoms with Gasteiger partial charge in [-0.25, -0.2) is 0 Å². The minimum Gasteiger partial charge on any atom is -0.359 e. The fourth-order valence-corrected chi connectivity index (χ4v) is 1.53. The average Bonchev–Trinajstić information content (AvgIpc) is 2.58. The lowest BCUT2D eigenvalue weighted by atomic mass is 10.4. The van der Waals surface area contributed by atoms with E-state index in [2.05, 4.69) is 15.6 Å². The molecule has 0 bridgehead atoms. The van der Waals surface area contributed by atoms with Crippen LogP contribution < -0.4 is 15.5 Å². The summed E-state index contributed by atoms with van der Waals surface area (Å²) >= 11 is 1.14. The van der Waals surface area contributed by atoms with Crippen LogP contribution in [0.25, 0.3) is 0 Å². The molecule has 0 fully saturated rings. The lowest BCUT2D eigenvalue weighted by Crippen LogP contribution is -2.24. The van der Waals surface area contributed by atoms with Crippen molar-refractivity contribution in [2.24, 2.45) is 0 Å². The molecule has 0 aliphatic rings. The van der Waals surface area contributed by atoms with E-state index in [9.17, 15) is 9.59 Å². The number of hydrogen-bond donors (Lipinski definition) is 3. The normalized spacial score (nSPS) is 10.1. The highest BCUT2D eigenvalue weighted by atomic mass is 32.1. The summed E-state index contributed by atoms with van der Waals surface area (Å²) in [4.78, 5) is 24.2. The topological polar surface area (TPSA) is 74.0 Å². The summed E-state index contributed by atoms with van der Waals surface area (Å²) in [5, 5.41) is 7.36. The molecule has 0 unspecified atom stereocenters. The summed E-state index contributed by atoms with van der Waals surface area (Å²) in [6.45, 7) is 1.20. The average molecular weight is 215 g/mol. The van der Waals surface area contributed by atoms with Gasteiger partial charge in [0.05, 0.1) is 0 Å². The fraction of sp³-hybridized carbons (Fsp3) is 0.500. The summed E-state index contributed by atoms with van der Waals surface area (Å²) in [6, 6.07) is 0. The molecule has 0 aliphatic carbocycles. The Hall–Kier alpha value is -1.14. The quantitative estimate of drug-likeness (QED) is 0.588. The molecular weight excluding hydrogens is 202 g/mol. The summed E-state index contributed by atoms with van der Waals surface area (Å²) in [5.74, 6) is 0.0105.